The highest BCUT2D eigenvalue weighted by atomic mass is 35.5. The Morgan fingerprint density at radius 2 is 1.95 bits per heavy atom. The van der Waals surface area contributed by atoms with Gasteiger partial charge in [0.05, 0.1) is 5.69 Å². The zero-order valence-electron chi connectivity index (χ0n) is 11.5. The van der Waals surface area contributed by atoms with Crippen molar-refractivity contribution in [2.24, 2.45) is 0 Å². The van der Waals surface area contributed by atoms with Gasteiger partial charge in [0.2, 0.25) is 0 Å². The normalized spacial score (nSPS) is 13.7. The predicted octanol–water partition coefficient (Wildman–Crippen LogP) is 3.91. The summed E-state index contributed by atoms with van der Waals surface area (Å²) in [5.74, 6) is 0. The fraction of sp³-hybridized carbons (Fsp3) is 0.188. The maximum Gasteiger partial charge on any atom is 0.326 e. The molecular weight excluding hydrogens is 286 g/mol. The minimum atomic E-state index is -0.149. The van der Waals surface area contributed by atoms with Crippen LogP contribution < -0.4 is 16.0 Å². The molecule has 3 N–H and O–H groups in total. The third kappa shape index (κ3) is 2.95. The number of hydrogen-bond acceptors (Lipinski definition) is 2. The first-order valence-corrected chi connectivity index (χ1v) is 7.24. The Hall–Kier alpha value is -2.20. The average Bonchev–Trinajstić information content (AvgIpc) is 2.49. The van der Waals surface area contributed by atoms with Crippen LogP contribution in [0.4, 0.5) is 21.9 Å². The van der Waals surface area contributed by atoms with Gasteiger partial charge in [0.25, 0.3) is 0 Å². The van der Waals surface area contributed by atoms with Crippen molar-refractivity contribution in [3.8, 4) is 0 Å². The molecule has 5 heteroatoms. The van der Waals surface area contributed by atoms with Gasteiger partial charge in [0.15, 0.2) is 0 Å². The Bertz CT molecular complexity index is 670. The molecule has 1 heterocycles. The third-order valence-electron chi connectivity index (χ3n) is 3.57. The van der Waals surface area contributed by atoms with Crippen molar-refractivity contribution in [2.75, 3.05) is 22.5 Å². The van der Waals surface area contributed by atoms with E-state index in [9.17, 15) is 4.79 Å². The molecule has 4 nitrogen and oxygen atoms in total. The number of nitrogen functional groups attached to an aromatic ring is 1. The van der Waals surface area contributed by atoms with Gasteiger partial charge >= 0.3 is 6.03 Å². The second-order valence-corrected chi connectivity index (χ2v) is 5.52. The number of nitrogens with two attached hydrogens (primary N) is 1. The highest BCUT2D eigenvalue weighted by Crippen LogP contribution is 2.29. The van der Waals surface area contributed by atoms with E-state index in [1.165, 1.54) is 0 Å². The van der Waals surface area contributed by atoms with Crippen molar-refractivity contribution < 1.29 is 4.79 Å². The van der Waals surface area contributed by atoms with Gasteiger partial charge in [0, 0.05) is 22.9 Å². The van der Waals surface area contributed by atoms with Crippen LogP contribution in [0.15, 0.2) is 42.5 Å². The minimum Gasteiger partial charge on any atom is -0.399 e. The molecule has 0 saturated carbocycles. The molecule has 0 radical (unpaired) electrons. The van der Waals surface area contributed by atoms with E-state index >= 15 is 0 Å². The van der Waals surface area contributed by atoms with E-state index in [4.69, 9.17) is 17.3 Å². The Labute approximate surface area is 128 Å². The average molecular weight is 302 g/mol. The fourth-order valence-corrected chi connectivity index (χ4v) is 2.65. The smallest absolute Gasteiger partial charge is 0.326 e. The molecule has 0 fully saturated rings. The summed E-state index contributed by atoms with van der Waals surface area (Å²) in [6.07, 6.45) is 1.92. The molecule has 108 valence electrons. The van der Waals surface area contributed by atoms with Gasteiger partial charge in [-0.3, -0.25) is 4.90 Å². The van der Waals surface area contributed by atoms with Crippen LogP contribution in [0.5, 0.6) is 0 Å². The lowest BCUT2D eigenvalue weighted by molar-refractivity contribution is 0.256. The van der Waals surface area contributed by atoms with Crippen molar-refractivity contribution in [1.82, 2.24) is 0 Å². The second kappa shape index (κ2) is 5.66. The van der Waals surface area contributed by atoms with Crippen LogP contribution >= 0.6 is 11.6 Å². The fourth-order valence-electron chi connectivity index (χ4n) is 2.53. The van der Waals surface area contributed by atoms with Gasteiger partial charge in [-0.15, -0.1) is 0 Å². The Kier molecular flexibility index (Phi) is 3.71. The van der Waals surface area contributed by atoms with Gasteiger partial charge < -0.3 is 11.1 Å². The van der Waals surface area contributed by atoms with Crippen molar-refractivity contribution >= 4 is 34.7 Å². The summed E-state index contributed by atoms with van der Waals surface area (Å²) in [6, 6.07) is 12.6. The molecule has 0 unspecified atom stereocenters. The van der Waals surface area contributed by atoms with E-state index in [0.29, 0.717) is 17.3 Å². The number of nitrogens with one attached hydrogen (secondary N) is 1. The van der Waals surface area contributed by atoms with Crippen molar-refractivity contribution in [3.05, 3.63) is 53.1 Å². The van der Waals surface area contributed by atoms with E-state index in [2.05, 4.69) is 5.32 Å². The largest absolute Gasteiger partial charge is 0.399 e. The Balaban J connectivity index is 1.83. The summed E-state index contributed by atoms with van der Waals surface area (Å²) in [7, 11) is 0. The summed E-state index contributed by atoms with van der Waals surface area (Å²) in [5, 5.41) is 3.53. The molecule has 0 spiro atoms. The van der Waals surface area contributed by atoms with Crippen LogP contribution in [-0.4, -0.2) is 12.6 Å². The predicted molar refractivity (Wildman–Crippen MR) is 87.0 cm³/mol. The Morgan fingerprint density at radius 3 is 2.71 bits per heavy atom. The van der Waals surface area contributed by atoms with Crippen LogP contribution in [0.1, 0.15) is 12.0 Å². The molecule has 0 aromatic heterocycles. The van der Waals surface area contributed by atoms with Crippen molar-refractivity contribution in [3.63, 3.8) is 0 Å². The molecule has 0 saturated heterocycles. The summed E-state index contributed by atoms with van der Waals surface area (Å²) in [6.45, 7) is 0.690. The van der Waals surface area contributed by atoms with Gasteiger partial charge in [-0.25, -0.2) is 4.79 Å². The number of hydrogen-bond donors (Lipinski definition) is 2. The standard InChI is InChI=1S/C16H16ClN3O/c17-12-4-7-14(8-5-12)19-16(21)20-9-1-2-11-3-6-13(18)10-15(11)20/h3-8,10H,1-2,9,18H2,(H,19,21). The molecule has 0 aliphatic carbocycles. The topological polar surface area (TPSA) is 58.4 Å². The van der Waals surface area contributed by atoms with Crippen LogP contribution in [0.3, 0.4) is 0 Å². The lowest BCUT2D eigenvalue weighted by Gasteiger charge is -2.29. The van der Waals surface area contributed by atoms with Gasteiger partial charge in [-0.1, -0.05) is 17.7 Å². The summed E-state index contributed by atoms with van der Waals surface area (Å²) >= 11 is 5.84. The van der Waals surface area contributed by atoms with Crippen LogP contribution in [0.2, 0.25) is 5.02 Å². The van der Waals surface area contributed by atoms with Crippen molar-refractivity contribution in [1.29, 1.82) is 0 Å². The quantitative estimate of drug-likeness (QED) is 0.785. The number of rotatable bonds is 1. The number of anilines is 3. The minimum absolute atomic E-state index is 0.149. The number of halogens is 1. The lowest BCUT2D eigenvalue weighted by atomic mass is 10.0. The molecule has 0 bridgehead atoms. The molecule has 0 atom stereocenters. The van der Waals surface area contributed by atoms with Gasteiger partial charge in [0.1, 0.15) is 0 Å². The molecule has 2 aromatic carbocycles. The maximum atomic E-state index is 12.5. The van der Waals surface area contributed by atoms with E-state index in [1.54, 1.807) is 29.2 Å². The number of urea groups is 1. The molecule has 2 aromatic rings. The van der Waals surface area contributed by atoms with E-state index < -0.39 is 0 Å². The van der Waals surface area contributed by atoms with Crippen LogP contribution in [0.25, 0.3) is 0 Å². The maximum absolute atomic E-state index is 12.5. The first kappa shape index (κ1) is 13.8. The first-order chi connectivity index (χ1) is 10.1. The number of carbonyl (C=O) groups excluding carboxylic acids is 1. The first-order valence-electron chi connectivity index (χ1n) is 6.86. The monoisotopic (exact) mass is 301 g/mol. The van der Waals surface area contributed by atoms with E-state index in [-0.39, 0.29) is 6.03 Å². The molecular formula is C16H16ClN3O. The highest BCUT2D eigenvalue weighted by Gasteiger charge is 2.22. The zero-order valence-corrected chi connectivity index (χ0v) is 12.2. The third-order valence-corrected chi connectivity index (χ3v) is 3.82. The SMILES string of the molecule is Nc1ccc2c(c1)N(C(=O)Nc1ccc(Cl)cc1)CCC2. The van der Waals surface area contributed by atoms with Gasteiger partial charge in [-0.05, 0) is 54.8 Å². The number of aryl methyl sites for hydroxylation is 1. The number of fused-ring (bicyclic) bond motifs is 1. The number of benzene rings is 2. The molecule has 3 rings (SSSR count). The summed E-state index contributed by atoms with van der Waals surface area (Å²) in [4.78, 5) is 14.2. The second-order valence-electron chi connectivity index (χ2n) is 5.08. The molecule has 1 aliphatic rings. The summed E-state index contributed by atoms with van der Waals surface area (Å²) in [5.41, 5.74) is 9.28. The van der Waals surface area contributed by atoms with Gasteiger partial charge in [-0.2, -0.15) is 0 Å². The number of carbonyl (C=O) groups is 1. The van der Waals surface area contributed by atoms with E-state index in [1.807, 2.05) is 18.2 Å². The molecule has 1 aliphatic heterocycles. The molecule has 21 heavy (non-hydrogen) atoms. The Morgan fingerprint density at radius 1 is 1.19 bits per heavy atom. The van der Waals surface area contributed by atoms with Crippen molar-refractivity contribution in [2.45, 2.75) is 12.8 Å². The lowest BCUT2D eigenvalue weighted by Crippen LogP contribution is -2.38. The summed E-state index contributed by atoms with van der Waals surface area (Å²) < 4.78 is 0. The molecule has 2 amide bonds. The zero-order chi connectivity index (χ0) is 14.8. The number of nitrogens with zero attached hydrogens (tertiary/aromatic N) is 1. The highest BCUT2D eigenvalue weighted by molar-refractivity contribution is 6.30. The van der Waals surface area contributed by atoms with Crippen LogP contribution in [0, 0.1) is 0 Å². The van der Waals surface area contributed by atoms with Crippen LogP contribution in [-0.2, 0) is 6.42 Å². The number of amides is 2. The van der Waals surface area contributed by atoms with E-state index in [0.717, 1.165) is 29.8 Å².